The van der Waals surface area contributed by atoms with Crippen LogP contribution in [0.15, 0.2) is 33.8 Å². The van der Waals surface area contributed by atoms with Gasteiger partial charge in [-0.1, -0.05) is 28.1 Å². The number of nitrogens with one attached hydrogen (secondary N) is 2. The predicted octanol–water partition coefficient (Wildman–Crippen LogP) is 2.82. The smallest absolute Gasteiger partial charge is 0.187 e. The van der Waals surface area contributed by atoms with Crippen molar-refractivity contribution in [3.05, 3.63) is 34.3 Å². The van der Waals surface area contributed by atoms with Crippen molar-refractivity contribution in [3.8, 4) is 0 Å². The first-order valence-electron chi connectivity index (χ1n) is 6.61. The molecule has 1 saturated heterocycles. The highest BCUT2D eigenvalue weighted by Gasteiger charge is 2.15. The molecule has 1 atom stereocenters. The van der Waals surface area contributed by atoms with Gasteiger partial charge in [0.15, 0.2) is 5.11 Å². The highest BCUT2D eigenvalue weighted by atomic mass is 79.9. The van der Waals surface area contributed by atoms with Crippen LogP contribution in [0.25, 0.3) is 0 Å². The van der Waals surface area contributed by atoms with Crippen LogP contribution < -0.4 is 10.7 Å². The Hall–Kier alpha value is -0.980. The molecule has 2 rings (SSSR count). The number of hydrogen-bond acceptors (Lipinski definition) is 3. The molecule has 1 fully saturated rings. The highest BCUT2D eigenvalue weighted by molar-refractivity contribution is 9.10. The summed E-state index contributed by atoms with van der Waals surface area (Å²) in [4.78, 5) is 0. The Bertz CT molecular complexity index is 484. The fourth-order valence-electron chi connectivity index (χ4n) is 1.94. The number of rotatable bonds is 4. The maximum atomic E-state index is 5.52. The Morgan fingerprint density at radius 1 is 1.45 bits per heavy atom. The molecular formula is C14H18BrN3OS. The summed E-state index contributed by atoms with van der Waals surface area (Å²) in [6, 6.07) is 7.99. The van der Waals surface area contributed by atoms with Gasteiger partial charge in [-0.2, -0.15) is 5.10 Å². The maximum absolute atomic E-state index is 5.52. The second-order valence-electron chi connectivity index (χ2n) is 4.66. The maximum Gasteiger partial charge on any atom is 0.187 e. The summed E-state index contributed by atoms with van der Waals surface area (Å²) < 4.78 is 6.57. The van der Waals surface area contributed by atoms with E-state index in [1.165, 1.54) is 0 Å². The molecule has 0 amide bonds. The molecule has 1 aromatic carbocycles. The molecular weight excluding hydrogens is 338 g/mol. The number of benzene rings is 1. The van der Waals surface area contributed by atoms with E-state index in [4.69, 9.17) is 17.0 Å². The molecule has 0 unspecified atom stereocenters. The normalized spacial score (nSPS) is 18.9. The Morgan fingerprint density at radius 2 is 2.20 bits per heavy atom. The van der Waals surface area contributed by atoms with Crippen LogP contribution in [0.3, 0.4) is 0 Å². The van der Waals surface area contributed by atoms with E-state index in [1.54, 1.807) is 0 Å². The van der Waals surface area contributed by atoms with Crippen molar-refractivity contribution in [3.63, 3.8) is 0 Å². The van der Waals surface area contributed by atoms with E-state index >= 15 is 0 Å². The molecule has 20 heavy (non-hydrogen) atoms. The molecule has 0 aromatic heterocycles. The molecule has 0 saturated carbocycles. The van der Waals surface area contributed by atoms with Crippen molar-refractivity contribution < 1.29 is 4.74 Å². The van der Waals surface area contributed by atoms with Gasteiger partial charge in [-0.05, 0) is 49.7 Å². The first kappa shape index (κ1) is 15.4. The number of hydrogen-bond donors (Lipinski definition) is 2. The molecule has 108 valence electrons. The van der Waals surface area contributed by atoms with Crippen molar-refractivity contribution >= 4 is 39.0 Å². The van der Waals surface area contributed by atoms with Crippen molar-refractivity contribution in [2.24, 2.45) is 5.10 Å². The van der Waals surface area contributed by atoms with Crippen molar-refractivity contribution in [2.45, 2.75) is 25.9 Å². The lowest BCUT2D eigenvalue weighted by Gasteiger charge is -2.12. The van der Waals surface area contributed by atoms with E-state index in [0.29, 0.717) is 5.11 Å². The lowest BCUT2D eigenvalue weighted by atomic mass is 10.1. The van der Waals surface area contributed by atoms with E-state index < -0.39 is 0 Å². The molecule has 1 aliphatic heterocycles. The lowest BCUT2D eigenvalue weighted by molar-refractivity contribution is 0.114. The van der Waals surface area contributed by atoms with Gasteiger partial charge < -0.3 is 10.1 Å². The molecule has 1 heterocycles. The van der Waals surface area contributed by atoms with E-state index in [9.17, 15) is 0 Å². The summed E-state index contributed by atoms with van der Waals surface area (Å²) in [6.45, 7) is 3.53. The molecule has 0 bridgehead atoms. The van der Waals surface area contributed by atoms with Crippen molar-refractivity contribution in [2.75, 3.05) is 13.2 Å². The number of nitrogens with zero attached hydrogens (tertiary/aromatic N) is 1. The van der Waals surface area contributed by atoms with Gasteiger partial charge >= 0.3 is 0 Å². The Balaban J connectivity index is 1.78. The van der Waals surface area contributed by atoms with E-state index in [-0.39, 0.29) is 6.10 Å². The van der Waals surface area contributed by atoms with Gasteiger partial charge in [0.2, 0.25) is 0 Å². The fraction of sp³-hybridized carbons (Fsp3) is 0.429. The molecule has 6 heteroatoms. The highest BCUT2D eigenvalue weighted by Crippen LogP contribution is 2.11. The minimum absolute atomic E-state index is 0.270. The topological polar surface area (TPSA) is 45.7 Å². The second-order valence-corrected chi connectivity index (χ2v) is 5.98. The number of halogens is 1. The Kier molecular flexibility index (Phi) is 5.94. The number of ether oxygens (including phenoxy) is 1. The van der Waals surface area contributed by atoms with E-state index in [0.717, 1.165) is 41.7 Å². The van der Waals surface area contributed by atoms with Crippen LogP contribution in [0.4, 0.5) is 0 Å². The largest absolute Gasteiger partial charge is 0.376 e. The van der Waals surface area contributed by atoms with Crippen molar-refractivity contribution in [1.82, 2.24) is 10.7 Å². The van der Waals surface area contributed by atoms with E-state index in [2.05, 4.69) is 31.8 Å². The van der Waals surface area contributed by atoms with Gasteiger partial charge in [-0.15, -0.1) is 0 Å². The zero-order valence-electron chi connectivity index (χ0n) is 11.4. The standard InChI is InChI=1S/C14H18BrN3OS/c1-10(11-4-6-12(15)7-5-11)17-18-14(20)16-9-13-3-2-8-19-13/h4-7,13H,2-3,8-9H2,1H3,(H2,16,18,20)/b17-10-/t13-/m0/s1. The monoisotopic (exact) mass is 355 g/mol. The SMILES string of the molecule is C/C(=N/NC(=S)NC[C@@H]1CCCO1)c1ccc(Br)cc1. The fourth-order valence-corrected chi connectivity index (χ4v) is 2.33. The number of thiocarbonyl (C=S) groups is 1. The first-order valence-corrected chi connectivity index (χ1v) is 7.81. The van der Waals surface area contributed by atoms with Crippen LogP contribution >= 0.6 is 28.1 Å². The van der Waals surface area contributed by atoms with Crippen LogP contribution in [-0.4, -0.2) is 30.1 Å². The van der Waals surface area contributed by atoms with Crippen LogP contribution in [-0.2, 0) is 4.74 Å². The minimum Gasteiger partial charge on any atom is -0.376 e. The Morgan fingerprint density at radius 3 is 2.85 bits per heavy atom. The first-order chi connectivity index (χ1) is 9.65. The summed E-state index contributed by atoms with van der Waals surface area (Å²) in [5, 5.41) is 7.92. The van der Waals surface area contributed by atoms with Gasteiger partial charge in [-0.25, -0.2) is 0 Å². The predicted molar refractivity (Wildman–Crippen MR) is 89.1 cm³/mol. The van der Waals surface area contributed by atoms with Crippen LogP contribution in [0.1, 0.15) is 25.3 Å². The summed E-state index contributed by atoms with van der Waals surface area (Å²) in [6.07, 6.45) is 2.50. The van der Waals surface area contributed by atoms with Gasteiger partial charge in [0.05, 0.1) is 11.8 Å². The molecule has 1 aromatic rings. The van der Waals surface area contributed by atoms with Crippen LogP contribution in [0.2, 0.25) is 0 Å². The molecule has 0 radical (unpaired) electrons. The molecule has 0 aliphatic carbocycles. The molecule has 4 nitrogen and oxygen atoms in total. The third kappa shape index (κ3) is 4.85. The van der Waals surface area contributed by atoms with Crippen LogP contribution in [0.5, 0.6) is 0 Å². The van der Waals surface area contributed by atoms with Gasteiger partial charge in [-0.3, -0.25) is 5.43 Å². The molecule has 2 N–H and O–H groups in total. The summed E-state index contributed by atoms with van der Waals surface area (Å²) in [5.74, 6) is 0. The van der Waals surface area contributed by atoms with Gasteiger partial charge in [0, 0.05) is 17.6 Å². The second kappa shape index (κ2) is 7.71. The van der Waals surface area contributed by atoms with Crippen LogP contribution in [0, 0.1) is 0 Å². The minimum atomic E-state index is 0.270. The molecule has 0 spiro atoms. The zero-order chi connectivity index (χ0) is 14.4. The average molecular weight is 356 g/mol. The summed E-state index contributed by atoms with van der Waals surface area (Å²) in [7, 11) is 0. The van der Waals surface area contributed by atoms with Gasteiger partial charge in [0.25, 0.3) is 0 Å². The molecule has 1 aliphatic rings. The third-order valence-electron chi connectivity index (χ3n) is 3.10. The lowest BCUT2D eigenvalue weighted by Crippen LogP contribution is -2.37. The zero-order valence-corrected chi connectivity index (χ0v) is 13.8. The van der Waals surface area contributed by atoms with Gasteiger partial charge in [0.1, 0.15) is 0 Å². The number of hydrazone groups is 1. The van der Waals surface area contributed by atoms with Crippen molar-refractivity contribution in [1.29, 1.82) is 0 Å². The Labute approximate surface area is 133 Å². The third-order valence-corrected chi connectivity index (χ3v) is 3.87. The quantitative estimate of drug-likeness (QED) is 0.495. The van der Waals surface area contributed by atoms with E-state index in [1.807, 2.05) is 31.2 Å². The average Bonchev–Trinajstić information content (AvgIpc) is 2.96. The summed E-state index contributed by atoms with van der Waals surface area (Å²) in [5.41, 5.74) is 4.81. The summed E-state index contributed by atoms with van der Waals surface area (Å²) >= 11 is 8.60.